The molecule has 236 valence electrons. The SMILES string of the molecule is Cc1nc(Oc2ccc(C(=O)NC3CC3)cc2)ccc1CN1CCC(N2C(=O)N(C3CCOCC3)CC2c2ccccc2)CC1. The van der Waals surface area contributed by atoms with Crippen LogP contribution in [0.25, 0.3) is 0 Å². The first kappa shape index (κ1) is 29.7. The summed E-state index contributed by atoms with van der Waals surface area (Å²) in [7, 11) is 0. The first-order valence-electron chi connectivity index (χ1n) is 16.5. The van der Waals surface area contributed by atoms with E-state index in [-0.39, 0.29) is 30.1 Å². The fraction of sp³-hybridized carbons (Fsp3) is 0.472. The zero-order valence-electron chi connectivity index (χ0n) is 26.1. The van der Waals surface area contributed by atoms with Crippen LogP contribution in [-0.2, 0) is 11.3 Å². The van der Waals surface area contributed by atoms with Crippen LogP contribution in [0.15, 0.2) is 66.7 Å². The Balaban J connectivity index is 0.956. The van der Waals surface area contributed by atoms with Crippen LogP contribution < -0.4 is 10.1 Å². The van der Waals surface area contributed by atoms with Crippen LogP contribution in [0, 0.1) is 6.92 Å². The molecule has 9 nitrogen and oxygen atoms in total. The van der Waals surface area contributed by atoms with Crippen molar-refractivity contribution in [3.05, 3.63) is 89.1 Å². The summed E-state index contributed by atoms with van der Waals surface area (Å²) in [5.41, 5.74) is 3.99. The highest BCUT2D eigenvalue weighted by atomic mass is 16.5. The number of piperidine rings is 1. The largest absolute Gasteiger partial charge is 0.439 e. The van der Waals surface area contributed by atoms with Gasteiger partial charge in [0.15, 0.2) is 0 Å². The second-order valence-electron chi connectivity index (χ2n) is 12.9. The summed E-state index contributed by atoms with van der Waals surface area (Å²) in [5.74, 6) is 1.16. The van der Waals surface area contributed by atoms with Crippen molar-refractivity contribution in [1.29, 1.82) is 0 Å². The normalized spacial score (nSPS) is 21.7. The summed E-state index contributed by atoms with van der Waals surface area (Å²) in [6.07, 6.45) is 5.89. The molecule has 0 radical (unpaired) electrons. The number of nitrogens with one attached hydrogen (secondary N) is 1. The van der Waals surface area contributed by atoms with Crippen molar-refractivity contribution >= 4 is 11.9 Å². The van der Waals surface area contributed by atoms with Crippen molar-refractivity contribution in [1.82, 2.24) is 25.0 Å². The van der Waals surface area contributed by atoms with Gasteiger partial charge >= 0.3 is 6.03 Å². The first-order chi connectivity index (χ1) is 22.0. The van der Waals surface area contributed by atoms with Crippen LogP contribution in [0.4, 0.5) is 4.79 Å². The molecule has 3 saturated heterocycles. The predicted molar refractivity (Wildman–Crippen MR) is 171 cm³/mol. The molecular weight excluding hydrogens is 566 g/mol. The van der Waals surface area contributed by atoms with Gasteiger partial charge in [0.2, 0.25) is 5.88 Å². The van der Waals surface area contributed by atoms with Crippen molar-refractivity contribution < 1.29 is 19.1 Å². The molecule has 0 spiro atoms. The Bertz CT molecular complexity index is 1480. The van der Waals surface area contributed by atoms with Crippen molar-refractivity contribution in [3.8, 4) is 11.6 Å². The van der Waals surface area contributed by atoms with Gasteiger partial charge in [-0.05, 0) is 80.8 Å². The standard InChI is InChI=1S/C36H43N5O4/c1-25-28(9-14-34(37-25)45-32-12-7-27(8-13-32)35(42)38-29-10-11-29)23-39-19-15-31(16-20-39)41-33(26-5-3-2-4-6-26)24-40(36(41)43)30-17-21-44-22-18-30/h2-9,12-14,29-31,33H,10-11,15-24H2,1H3,(H,38,42). The smallest absolute Gasteiger partial charge is 0.321 e. The van der Waals surface area contributed by atoms with Crippen LogP contribution >= 0.6 is 0 Å². The van der Waals surface area contributed by atoms with Gasteiger partial charge in [0.25, 0.3) is 5.91 Å². The lowest BCUT2D eigenvalue weighted by molar-refractivity contribution is 0.0493. The minimum atomic E-state index is -0.0357. The third-order valence-electron chi connectivity index (χ3n) is 9.75. The summed E-state index contributed by atoms with van der Waals surface area (Å²) >= 11 is 0. The van der Waals surface area contributed by atoms with Crippen LogP contribution in [0.1, 0.15) is 71.7 Å². The lowest BCUT2D eigenvalue weighted by atomic mass is 9.98. The highest BCUT2D eigenvalue weighted by Crippen LogP contribution is 2.37. The average Bonchev–Trinajstić information content (AvgIpc) is 3.83. The number of likely N-dealkylation sites (tertiary alicyclic amines) is 1. The van der Waals surface area contributed by atoms with Crippen LogP contribution in [0.2, 0.25) is 0 Å². The molecule has 4 aliphatic rings. The van der Waals surface area contributed by atoms with Gasteiger partial charge in [-0.3, -0.25) is 9.69 Å². The maximum Gasteiger partial charge on any atom is 0.321 e. The van der Waals surface area contributed by atoms with Crippen LogP contribution in [-0.4, -0.2) is 82.6 Å². The minimum absolute atomic E-state index is 0.0357. The van der Waals surface area contributed by atoms with Gasteiger partial charge in [0, 0.05) is 74.8 Å². The van der Waals surface area contributed by atoms with Gasteiger partial charge in [-0.15, -0.1) is 0 Å². The van der Waals surface area contributed by atoms with Crippen molar-refractivity contribution in [2.45, 2.75) is 76.2 Å². The molecule has 2 aromatic carbocycles. The number of amides is 3. The number of aromatic nitrogens is 1. The predicted octanol–water partition coefficient (Wildman–Crippen LogP) is 5.70. The molecular formula is C36H43N5O4. The number of rotatable bonds is 9. The third-order valence-corrected chi connectivity index (χ3v) is 9.75. The fourth-order valence-corrected chi connectivity index (χ4v) is 6.97. The molecule has 0 bridgehead atoms. The molecule has 3 amide bonds. The lowest BCUT2D eigenvalue weighted by Gasteiger charge is -2.39. The lowest BCUT2D eigenvalue weighted by Crippen LogP contribution is -2.48. The maximum atomic E-state index is 13.9. The number of pyridine rings is 1. The molecule has 3 aliphatic heterocycles. The summed E-state index contributed by atoms with van der Waals surface area (Å²) in [6.45, 7) is 6.94. The van der Waals surface area contributed by atoms with Gasteiger partial charge in [-0.2, -0.15) is 0 Å². The Morgan fingerprint density at radius 1 is 0.911 bits per heavy atom. The monoisotopic (exact) mass is 609 g/mol. The number of urea groups is 1. The zero-order valence-corrected chi connectivity index (χ0v) is 26.1. The number of carbonyl (C=O) groups is 2. The first-order valence-corrected chi connectivity index (χ1v) is 16.5. The maximum absolute atomic E-state index is 13.9. The molecule has 1 saturated carbocycles. The molecule has 4 fully saturated rings. The quantitative estimate of drug-likeness (QED) is 0.335. The Hall–Kier alpha value is -3.95. The summed E-state index contributed by atoms with van der Waals surface area (Å²) in [4.78, 5) is 37.7. The van der Waals surface area contributed by atoms with E-state index in [1.54, 1.807) is 12.1 Å². The summed E-state index contributed by atoms with van der Waals surface area (Å²) in [5, 5.41) is 3.01. The number of nitrogens with zero attached hydrogens (tertiary/aromatic N) is 4. The van der Waals surface area contributed by atoms with Crippen LogP contribution in [0.3, 0.4) is 0 Å². The van der Waals surface area contributed by atoms with E-state index in [9.17, 15) is 9.59 Å². The van der Waals surface area contributed by atoms with E-state index in [0.717, 1.165) is 83.6 Å². The van der Waals surface area contributed by atoms with E-state index in [4.69, 9.17) is 14.5 Å². The highest BCUT2D eigenvalue weighted by Gasteiger charge is 2.45. The van der Waals surface area contributed by atoms with Crippen molar-refractivity contribution in [2.75, 3.05) is 32.8 Å². The Morgan fingerprint density at radius 3 is 2.33 bits per heavy atom. The molecule has 1 N–H and O–H groups in total. The topological polar surface area (TPSA) is 87.2 Å². The van der Waals surface area contributed by atoms with Gasteiger partial charge in [-0.1, -0.05) is 36.4 Å². The number of hydrogen-bond acceptors (Lipinski definition) is 6. The average molecular weight is 610 g/mol. The second-order valence-corrected chi connectivity index (χ2v) is 12.9. The second kappa shape index (κ2) is 13.2. The molecule has 4 heterocycles. The van der Waals surface area contributed by atoms with Gasteiger partial charge < -0.3 is 24.6 Å². The summed E-state index contributed by atoms with van der Waals surface area (Å²) < 4.78 is 11.6. The van der Waals surface area contributed by atoms with Gasteiger partial charge in [0.1, 0.15) is 5.75 Å². The Labute approximate surface area is 265 Å². The van der Waals surface area contributed by atoms with Crippen molar-refractivity contribution in [2.24, 2.45) is 0 Å². The number of benzene rings is 2. The number of aryl methyl sites for hydroxylation is 1. The zero-order chi connectivity index (χ0) is 30.8. The van der Waals surface area contributed by atoms with Gasteiger partial charge in [0.05, 0.1) is 6.04 Å². The van der Waals surface area contributed by atoms with E-state index >= 15 is 0 Å². The third kappa shape index (κ3) is 6.84. The molecule has 1 aromatic heterocycles. The molecule has 9 heteroatoms. The van der Waals surface area contributed by atoms with Crippen molar-refractivity contribution in [3.63, 3.8) is 0 Å². The van der Waals surface area contributed by atoms with E-state index in [1.807, 2.05) is 31.2 Å². The molecule has 1 aliphatic carbocycles. The Morgan fingerprint density at radius 2 is 1.64 bits per heavy atom. The number of hydrogen-bond donors (Lipinski definition) is 1. The van der Waals surface area contributed by atoms with E-state index in [2.05, 4.69) is 50.3 Å². The van der Waals surface area contributed by atoms with E-state index in [0.29, 0.717) is 23.2 Å². The van der Waals surface area contributed by atoms with Crippen LogP contribution in [0.5, 0.6) is 11.6 Å². The molecule has 1 atom stereocenters. The van der Waals surface area contributed by atoms with Gasteiger partial charge in [-0.25, -0.2) is 9.78 Å². The molecule has 1 unspecified atom stereocenters. The minimum Gasteiger partial charge on any atom is -0.439 e. The Kier molecular flexibility index (Phi) is 8.72. The summed E-state index contributed by atoms with van der Waals surface area (Å²) in [6, 6.07) is 22.9. The number of carbonyl (C=O) groups excluding carboxylic acids is 2. The highest BCUT2D eigenvalue weighted by molar-refractivity contribution is 5.94. The number of ether oxygens (including phenoxy) is 2. The molecule has 3 aromatic rings. The van der Waals surface area contributed by atoms with E-state index < -0.39 is 0 Å². The fourth-order valence-electron chi connectivity index (χ4n) is 6.97. The molecule has 45 heavy (non-hydrogen) atoms. The van der Waals surface area contributed by atoms with E-state index in [1.165, 1.54) is 11.1 Å². The molecule has 7 rings (SSSR count).